The third kappa shape index (κ3) is 3.35. The monoisotopic (exact) mass is 249 g/mol. The molecule has 0 fully saturated rings. The third-order valence-corrected chi connectivity index (χ3v) is 3.02. The molecule has 2 aromatic rings. The molecule has 0 aliphatic carbocycles. The second kappa shape index (κ2) is 6.60. The molecule has 0 bridgehead atoms. The van der Waals surface area contributed by atoms with Gasteiger partial charge in [0.2, 0.25) is 0 Å². The van der Waals surface area contributed by atoms with E-state index >= 15 is 0 Å². The van der Waals surface area contributed by atoms with Gasteiger partial charge in [-0.05, 0) is 23.3 Å². The van der Waals surface area contributed by atoms with E-state index in [9.17, 15) is 0 Å². The lowest BCUT2D eigenvalue weighted by Crippen LogP contribution is -2.22. The molecule has 2 rings (SSSR count). The summed E-state index contributed by atoms with van der Waals surface area (Å²) in [6.45, 7) is 9.27. The zero-order valence-electron chi connectivity index (χ0n) is 11.1. The topological polar surface area (TPSA) is 3.24 Å². The molecule has 96 valence electrons. The molecule has 0 spiro atoms. The molecule has 0 saturated carbocycles. The normalized spacial score (nSPS) is 9.89. The Bertz CT molecular complexity index is 533. The first-order valence-electron chi connectivity index (χ1n) is 6.47. The van der Waals surface area contributed by atoms with E-state index in [2.05, 4.69) is 66.6 Å². The van der Waals surface area contributed by atoms with Gasteiger partial charge in [0.25, 0.3) is 0 Å². The summed E-state index contributed by atoms with van der Waals surface area (Å²) in [6.07, 6.45) is 3.83. The largest absolute Gasteiger partial charge is 0.364 e. The van der Waals surface area contributed by atoms with Gasteiger partial charge in [-0.1, -0.05) is 54.6 Å². The molecule has 19 heavy (non-hydrogen) atoms. The number of anilines is 1. The fourth-order valence-corrected chi connectivity index (χ4v) is 2.11. The van der Waals surface area contributed by atoms with Crippen molar-refractivity contribution in [2.45, 2.75) is 0 Å². The van der Waals surface area contributed by atoms with Crippen LogP contribution in [-0.4, -0.2) is 13.1 Å². The predicted octanol–water partition coefficient (Wildman–Crippen LogP) is 4.53. The molecule has 0 aliphatic rings. The van der Waals surface area contributed by atoms with Gasteiger partial charge in [-0.3, -0.25) is 0 Å². The van der Waals surface area contributed by atoms with Crippen molar-refractivity contribution in [3.05, 3.63) is 79.9 Å². The average Bonchev–Trinajstić information content (AvgIpc) is 2.48. The molecule has 1 heteroatoms. The second-order valence-corrected chi connectivity index (χ2v) is 4.40. The number of nitrogens with zero attached hydrogens (tertiary/aromatic N) is 1. The van der Waals surface area contributed by atoms with E-state index in [4.69, 9.17) is 0 Å². The van der Waals surface area contributed by atoms with Crippen molar-refractivity contribution in [1.29, 1.82) is 0 Å². The van der Waals surface area contributed by atoms with E-state index < -0.39 is 0 Å². The molecule has 2 aromatic carbocycles. The third-order valence-electron chi connectivity index (χ3n) is 3.02. The van der Waals surface area contributed by atoms with Gasteiger partial charge in [0.15, 0.2) is 0 Å². The van der Waals surface area contributed by atoms with Crippen LogP contribution in [0.3, 0.4) is 0 Å². The number of hydrogen-bond acceptors (Lipinski definition) is 1. The maximum absolute atomic E-state index is 3.81. The lowest BCUT2D eigenvalue weighted by atomic mass is 10.0. The van der Waals surface area contributed by atoms with Crippen LogP contribution in [0.25, 0.3) is 11.1 Å². The average molecular weight is 249 g/mol. The van der Waals surface area contributed by atoms with E-state index in [-0.39, 0.29) is 0 Å². The van der Waals surface area contributed by atoms with Crippen molar-refractivity contribution in [2.75, 3.05) is 18.0 Å². The van der Waals surface area contributed by atoms with Crippen LogP contribution >= 0.6 is 0 Å². The summed E-state index contributed by atoms with van der Waals surface area (Å²) in [4.78, 5) is 2.24. The van der Waals surface area contributed by atoms with Gasteiger partial charge >= 0.3 is 0 Å². The maximum atomic E-state index is 3.81. The quantitative estimate of drug-likeness (QED) is 0.680. The minimum atomic E-state index is 0.824. The summed E-state index contributed by atoms with van der Waals surface area (Å²) in [5.41, 5.74) is 3.67. The molecule has 0 aromatic heterocycles. The van der Waals surface area contributed by atoms with Crippen molar-refractivity contribution in [3.63, 3.8) is 0 Å². The van der Waals surface area contributed by atoms with E-state index in [1.54, 1.807) is 0 Å². The van der Waals surface area contributed by atoms with Crippen molar-refractivity contribution < 1.29 is 0 Å². The Morgan fingerprint density at radius 1 is 0.789 bits per heavy atom. The summed E-state index contributed by atoms with van der Waals surface area (Å²) in [5, 5.41) is 0. The van der Waals surface area contributed by atoms with Gasteiger partial charge in [-0.15, -0.1) is 13.2 Å². The van der Waals surface area contributed by atoms with Crippen LogP contribution in [0.15, 0.2) is 79.9 Å². The van der Waals surface area contributed by atoms with Crippen LogP contribution in [0.4, 0.5) is 5.69 Å². The Morgan fingerprint density at radius 3 is 2.05 bits per heavy atom. The number of hydrogen-bond donors (Lipinski definition) is 0. The van der Waals surface area contributed by atoms with Crippen molar-refractivity contribution in [2.24, 2.45) is 0 Å². The molecule has 0 heterocycles. The molecule has 0 saturated heterocycles. The highest BCUT2D eigenvalue weighted by molar-refractivity contribution is 5.68. The maximum Gasteiger partial charge on any atom is 0.0378 e. The SMILES string of the molecule is C=CCN(CC=C)c1cccc(-c2ccccc2)c1. The molecule has 0 amide bonds. The lowest BCUT2D eigenvalue weighted by Gasteiger charge is -2.22. The van der Waals surface area contributed by atoms with Gasteiger partial charge < -0.3 is 4.90 Å². The van der Waals surface area contributed by atoms with Gasteiger partial charge in [-0.2, -0.15) is 0 Å². The summed E-state index contributed by atoms with van der Waals surface area (Å²) >= 11 is 0. The molecule has 0 unspecified atom stereocenters. The molecule has 0 radical (unpaired) electrons. The van der Waals surface area contributed by atoms with Crippen LogP contribution < -0.4 is 4.90 Å². The predicted molar refractivity (Wildman–Crippen MR) is 84.5 cm³/mol. The first-order chi connectivity index (χ1) is 9.35. The fraction of sp³-hybridized carbons (Fsp3) is 0.111. The van der Waals surface area contributed by atoms with E-state index in [1.807, 2.05) is 18.2 Å². The van der Waals surface area contributed by atoms with Gasteiger partial charge in [0, 0.05) is 18.8 Å². The van der Waals surface area contributed by atoms with E-state index in [0.717, 1.165) is 13.1 Å². The lowest BCUT2D eigenvalue weighted by molar-refractivity contribution is 0.957. The van der Waals surface area contributed by atoms with Gasteiger partial charge in [-0.25, -0.2) is 0 Å². The molecular formula is C18H19N. The van der Waals surface area contributed by atoms with Crippen LogP contribution in [0, 0.1) is 0 Å². The number of rotatable bonds is 6. The second-order valence-electron chi connectivity index (χ2n) is 4.40. The van der Waals surface area contributed by atoms with Gasteiger partial charge in [0.05, 0.1) is 0 Å². The fourth-order valence-electron chi connectivity index (χ4n) is 2.11. The number of benzene rings is 2. The highest BCUT2D eigenvalue weighted by atomic mass is 15.1. The summed E-state index contributed by atoms with van der Waals surface area (Å²) in [6, 6.07) is 19.0. The Morgan fingerprint density at radius 2 is 1.42 bits per heavy atom. The van der Waals surface area contributed by atoms with Crippen molar-refractivity contribution in [3.8, 4) is 11.1 Å². The molecule has 0 atom stereocenters. The highest BCUT2D eigenvalue weighted by Crippen LogP contribution is 2.24. The zero-order valence-corrected chi connectivity index (χ0v) is 11.1. The summed E-state index contributed by atoms with van der Waals surface area (Å²) in [7, 11) is 0. The Balaban J connectivity index is 2.32. The first-order valence-corrected chi connectivity index (χ1v) is 6.47. The zero-order chi connectivity index (χ0) is 13.5. The van der Waals surface area contributed by atoms with Crippen LogP contribution in [0.2, 0.25) is 0 Å². The van der Waals surface area contributed by atoms with Crippen LogP contribution in [0.1, 0.15) is 0 Å². The molecular weight excluding hydrogens is 230 g/mol. The minimum absolute atomic E-state index is 0.824. The Hall–Kier alpha value is -2.28. The van der Waals surface area contributed by atoms with Crippen LogP contribution in [-0.2, 0) is 0 Å². The molecule has 0 aliphatic heterocycles. The molecule has 0 N–H and O–H groups in total. The van der Waals surface area contributed by atoms with Crippen molar-refractivity contribution in [1.82, 2.24) is 0 Å². The first kappa shape index (κ1) is 13.2. The van der Waals surface area contributed by atoms with E-state index in [1.165, 1.54) is 16.8 Å². The Labute approximate surface area is 115 Å². The van der Waals surface area contributed by atoms with E-state index in [0.29, 0.717) is 0 Å². The standard InChI is InChI=1S/C18H19N/c1-3-13-19(14-4-2)18-12-8-11-17(15-18)16-9-6-5-7-10-16/h3-12,15H,1-2,13-14H2. The summed E-state index contributed by atoms with van der Waals surface area (Å²) in [5.74, 6) is 0. The Kier molecular flexibility index (Phi) is 4.57. The highest BCUT2D eigenvalue weighted by Gasteiger charge is 2.04. The van der Waals surface area contributed by atoms with Gasteiger partial charge in [0.1, 0.15) is 0 Å². The smallest absolute Gasteiger partial charge is 0.0378 e. The van der Waals surface area contributed by atoms with Crippen molar-refractivity contribution >= 4 is 5.69 Å². The minimum Gasteiger partial charge on any atom is -0.364 e. The molecule has 1 nitrogen and oxygen atoms in total. The van der Waals surface area contributed by atoms with Crippen LogP contribution in [0.5, 0.6) is 0 Å². The summed E-state index contributed by atoms with van der Waals surface area (Å²) < 4.78 is 0.